The molecule has 0 aliphatic heterocycles. The lowest BCUT2D eigenvalue weighted by atomic mass is 10.1. The van der Waals surface area contributed by atoms with Crippen molar-refractivity contribution in [2.45, 2.75) is 25.2 Å². The number of hydrogen-bond donors (Lipinski definition) is 2. The minimum absolute atomic E-state index is 0.0840. The van der Waals surface area contributed by atoms with Crippen molar-refractivity contribution in [3.63, 3.8) is 0 Å². The summed E-state index contributed by atoms with van der Waals surface area (Å²) in [6, 6.07) is 4.66. The Bertz CT molecular complexity index is 392. The first-order chi connectivity index (χ1) is 8.36. The molecule has 0 radical (unpaired) electrons. The van der Waals surface area contributed by atoms with Gasteiger partial charge in [-0.2, -0.15) is 13.2 Å². The minimum Gasteiger partial charge on any atom is -0.358 e. The molecular weight excluding hydrogens is 245 g/mol. The Kier molecular flexibility index (Phi) is 4.72. The third kappa shape index (κ3) is 3.73. The van der Waals surface area contributed by atoms with Gasteiger partial charge in [0.1, 0.15) is 6.04 Å². The second-order valence-electron chi connectivity index (χ2n) is 3.89. The summed E-state index contributed by atoms with van der Waals surface area (Å²) >= 11 is 0. The van der Waals surface area contributed by atoms with Gasteiger partial charge in [-0.3, -0.25) is 10.1 Å². The molecule has 6 heteroatoms. The van der Waals surface area contributed by atoms with Crippen LogP contribution in [0, 0.1) is 0 Å². The van der Waals surface area contributed by atoms with E-state index in [4.69, 9.17) is 0 Å². The van der Waals surface area contributed by atoms with Gasteiger partial charge in [-0.25, -0.2) is 0 Å². The van der Waals surface area contributed by atoms with E-state index in [9.17, 15) is 18.0 Å². The average Bonchev–Trinajstić information content (AvgIpc) is 2.34. The van der Waals surface area contributed by atoms with Crippen LogP contribution in [0.1, 0.15) is 18.5 Å². The molecule has 3 nitrogen and oxygen atoms in total. The molecule has 0 fully saturated rings. The number of halogens is 3. The van der Waals surface area contributed by atoms with E-state index in [1.54, 1.807) is 6.07 Å². The highest BCUT2D eigenvalue weighted by molar-refractivity contribution is 5.81. The quantitative estimate of drug-likeness (QED) is 0.869. The molecule has 0 bridgehead atoms. The number of carbonyl (C=O) groups is 1. The number of likely N-dealkylation sites (N-methyl/N-ethyl adjacent to an activating group) is 1. The topological polar surface area (TPSA) is 41.1 Å². The second-order valence-corrected chi connectivity index (χ2v) is 3.89. The van der Waals surface area contributed by atoms with Gasteiger partial charge in [0.05, 0.1) is 6.04 Å². The normalized spacial score (nSPS) is 14.9. The summed E-state index contributed by atoms with van der Waals surface area (Å²) in [7, 11) is 1.38. The lowest BCUT2D eigenvalue weighted by Crippen LogP contribution is -2.46. The van der Waals surface area contributed by atoms with Crippen LogP contribution in [0.2, 0.25) is 0 Å². The van der Waals surface area contributed by atoms with Crippen LogP contribution >= 0.6 is 0 Å². The van der Waals surface area contributed by atoms with Crippen LogP contribution in [-0.2, 0) is 4.79 Å². The van der Waals surface area contributed by atoms with Gasteiger partial charge in [0.2, 0.25) is 5.91 Å². The van der Waals surface area contributed by atoms with Gasteiger partial charge in [-0.1, -0.05) is 30.3 Å². The molecule has 0 saturated heterocycles. The van der Waals surface area contributed by atoms with Crippen LogP contribution in [0.25, 0.3) is 0 Å². The molecule has 1 aromatic rings. The predicted molar refractivity (Wildman–Crippen MR) is 61.9 cm³/mol. The number of hydrogen-bond acceptors (Lipinski definition) is 2. The van der Waals surface area contributed by atoms with Crippen LogP contribution in [0.5, 0.6) is 0 Å². The Morgan fingerprint density at radius 1 is 1.22 bits per heavy atom. The van der Waals surface area contributed by atoms with Crippen molar-refractivity contribution in [1.29, 1.82) is 0 Å². The summed E-state index contributed by atoms with van der Waals surface area (Å²) in [6.45, 7) is 1.39. The van der Waals surface area contributed by atoms with Crippen molar-refractivity contribution in [3.8, 4) is 0 Å². The van der Waals surface area contributed by atoms with E-state index in [1.807, 2.05) is 0 Å². The second kappa shape index (κ2) is 5.86. The minimum atomic E-state index is -4.45. The molecular formula is C12H15F3N2O. The maximum Gasteiger partial charge on any atom is 0.407 e. The van der Waals surface area contributed by atoms with Gasteiger partial charge in [0.25, 0.3) is 0 Å². The Morgan fingerprint density at radius 2 is 1.78 bits per heavy atom. The zero-order valence-corrected chi connectivity index (χ0v) is 10.1. The maximum absolute atomic E-state index is 12.9. The van der Waals surface area contributed by atoms with Crippen molar-refractivity contribution < 1.29 is 18.0 Å². The summed E-state index contributed by atoms with van der Waals surface area (Å²) in [5, 5.41) is 4.59. The van der Waals surface area contributed by atoms with Crippen LogP contribution < -0.4 is 10.6 Å². The smallest absolute Gasteiger partial charge is 0.358 e. The van der Waals surface area contributed by atoms with Gasteiger partial charge < -0.3 is 5.32 Å². The molecule has 0 aliphatic carbocycles. The zero-order valence-electron chi connectivity index (χ0n) is 10.1. The molecule has 2 atom stereocenters. The van der Waals surface area contributed by atoms with E-state index in [-0.39, 0.29) is 5.56 Å². The third-order valence-corrected chi connectivity index (χ3v) is 2.52. The largest absolute Gasteiger partial charge is 0.407 e. The van der Waals surface area contributed by atoms with Gasteiger partial charge in [0.15, 0.2) is 0 Å². The molecule has 0 spiro atoms. The number of alkyl halides is 3. The number of benzene rings is 1. The Hall–Kier alpha value is -1.56. The molecule has 100 valence electrons. The summed E-state index contributed by atoms with van der Waals surface area (Å²) in [5.41, 5.74) is 0.0840. The van der Waals surface area contributed by atoms with E-state index < -0.39 is 24.2 Å². The standard InChI is InChI=1S/C12H15F3N2O/c1-8(11(18)16-2)17-10(12(13,14)15)9-6-4-3-5-7-9/h3-8,10,17H,1-2H3,(H,16,18). The van der Waals surface area contributed by atoms with Crippen molar-refractivity contribution in [2.75, 3.05) is 7.05 Å². The van der Waals surface area contributed by atoms with Crippen LogP contribution in [0.15, 0.2) is 30.3 Å². The molecule has 1 rings (SSSR count). The summed E-state index contributed by atoms with van der Waals surface area (Å²) in [5.74, 6) is -0.486. The van der Waals surface area contributed by atoms with Gasteiger partial charge in [-0.15, -0.1) is 0 Å². The molecule has 1 aromatic carbocycles. The summed E-state index contributed by atoms with van der Waals surface area (Å²) in [4.78, 5) is 11.3. The van der Waals surface area contributed by atoms with Crippen LogP contribution in [0.4, 0.5) is 13.2 Å². The molecule has 0 saturated carbocycles. The summed E-state index contributed by atoms with van der Waals surface area (Å²) in [6.07, 6.45) is -4.45. The van der Waals surface area contributed by atoms with E-state index in [0.29, 0.717) is 0 Å². The fourth-order valence-corrected chi connectivity index (χ4v) is 1.57. The molecule has 2 unspecified atom stereocenters. The molecule has 2 N–H and O–H groups in total. The average molecular weight is 260 g/mol. The lowest BCUT2D eigenvalue weighted by Gasteiger charge is -2.25. The van der Waals surface area contributed by atoms with E-state index in [2.05, 4.69) is 10.6 Å². The van der Waals surface area contributed by atoms with Crippen molar-refractivity contribution in [3.05, 3.63) is 35.9 Å². The highest BCUT2D eigenvalue weighted by atomic mass is 19.4. The molecule has 1 amide bonds. The lowest BCUT2D eigenvalue weighted by molar-refractivity contribution is -0.160. The fraction of sp³-hybridized carbons (Fsp3) is 0.417. The third-order valence-electron chi connectivity index (χ3n) is 2.52. The highest BCUT2D eigenvalue weighted by Crippen LogP contribution is 2.32. The van der Waals surface area contributed by atoms with E-state index >= 15 is 0 Å². The number of amides is 1. The Morgan fingerprint density at radius 3 is 2.22 bits per heavy atom. The number of rotatable bonds is 4. The van der Waals surface area contributed by atoms with E-state index in [1.165, 1.54) is 38.2 Å². The van der Waals surface area contributed by atoms with Gasteiger partial charge in [0, 0.05) is 7.05 Å². The van der Waals surface area contributed by atoms with Crippen molar-refractivity contribution >= 4 is 5.91 Å². The SMILES string of the molecule is CNC(=O)C(C)NC(c1ccccc1)C(F)(F)F. The highest BCUT2D eigenvalue weighted by Gasteiger charge is 2.41. The molecule has 0 aliphatic rings. The first kappa shape index (κ1) is 14.5. The molecule has 0 heterocycles. The zero-order chi connectivity index (χ0) is 13.8. The van der Waals surface area contributed by atoms with Crippen molar-refractivity contribution in [1.82, 2.24) is 10.6 Å². The number of carbonyl (C=O) groups excluding carboxylic acids is 1. The maximum atomic E-state index is 12.9. The predicted octanol–water partition coefficient (Wildman–Crippen LogP) is 2.01. The first-order valence-corrected chi connectivity index (χ1v) is 5.45. The van der Waals surface area contributed by atoms with Crippen LogP contribution in [-0.4, -0.2) is 25.2 Å². The van der Waals surface area contributed by atoms with Crippen molar-refractivity contribution in [2.24, 2.45) is 0 Å². The van der Waals surface area contributed by atoms with Gasteiger partial charge >= 0.3 is 6.18 Å². The van der Waals surface area contributed by atoms with Crippen LogP contribution in [0.3, 0.4) is 0 Å². The molecule has 18 heavy (non-hydrogen) atoms. The van der Waals surface area contributed by atoms with E-state index in [0.717, 1.165) is 0 Å². The summed E-state index contributed by atoms with van der Waals surface area (Å²) < 4.78 is 38.8. The molecule has 0 aromatic heterocycles. The fourth-order valence-electron chi connectivity index (χ4n) is 1.57. The number of nitrogens with one attached hydrogen (secondary N) is 2. The van der Waals surface area contributed by atoms with Gasteiger partial charge in [-0.05, 0) is 12.5 Å². The Balaban J connectivity index is 2.91. The first-order valence-electron chi connectivity index (χ1n) is 5.45. The monoisotopic (exact) mass is 260 g/mol. The Labute approximate surface area is 103 Å².